The van der Waals surface area contributed by atoms with Crippen LogP contribution in [0.4, 0.5) is 13.2 Å². The third-order valence-electron chi connectivity index (χ3n) is 1.71. The summed E-state index contributed by atoms with van der Waals surface area (Å²) in [5.41, 5.74) is 0.824. The highest BCUT2D eigenvalue weighted by Gasteiger charge is 2.09. The Kier molecular flexibility index (Phi) is 4.20. The van der Waals surface area contributed by atoms with Gasteiger partial charge >= 0.3 is 6.61 Å². The van der Waals surface area contributed by atoms with Crippen molar-refractivity contribution >= 4 is 21.5 Å². The molecule has 0 N–H and O–H groups in total. The topological polar surface area (TPSA) is 9.23 Å². The van der Waals surface area contributed by atoms with Crippen LogP contribution in [0.3, 0.4) is 0 Å². The molecule has 0 saturated heterocycles. The van der Waals surface area contributed by atoms with E-state index < -0.39 is 12.4 Å². The van der Waals surface area contributed by atoms with Crippen molar-refractivity contribution in [3.8, 4) is 5.75 Å². The highest BCUT2D eigenvalue weighted by atomic mass is 79.9. The molecule has 0 heterocycles. The van der Waals surface area contributed by atoms with Gasteiger partial charge in [-0.2, -0.15) is 8.78 Å². The normalized spacial score (nSPS) is 10.5. The summed E-state index contributed by atoms with van der Waals surface area (Å²) in [5.74, 6) is -0.828. The molecule has 0 aromatic heterocycles. The fraction of sp³-hybridized carbons (Fsp3) is 0.200. The van der Waals surface area contributed by atoms with Crippen molar-refractivity contribution in [3.63, 3.8) is 0 Å². The predicted octanol–water partition coefficient (Wildman–Crippen LogP) is 3.84. The third kappa shape index (κ3) is 3.27. The second kappa shape index (κ2) is 5.21. The Balaban J connectivity index is 2.93. The van der Waals surface area contributed by atoms with Crippen LogP contribution in [0, 0.1) is 5.82 Å². The molecular weight excluding hydrogens is 273 g/mol. The number of alkyl halides is 3. The van der Waals surface area contributed by atoms with Crippen LogP contribution in [0.2, 0.25) is 0 Å². The van der Waals surface area contributed by atoms with E-state index in [1.54, 1.807) is 0 Å². The Morgan fingerprint density at radius 2 is 2.13 bits per heavy atom. The van der Waals surface area contributed by atoms with Crippen molar-refractivity contribution in [1.29, 1.82) is 0 Å². The number of benzene rings is 1. The highest BCUT2D eigenvalue weighted by Crippen LogP contribution is 2.23. The molecule has 0 aliphatic rings. The molecule has 0 fully saturated rings. The van der Waals surface area contributed by atoms with Crippen LogP contribution in [0.25, 0.3) is 5.57 Å². The predicted molar refractivity (Wildman–Crippen MR) is 55.9 cm³/mol. The molecule has 0 atom stereocenters. The maximum Gasteiger partial charge on any atom is 0.387 e. The lowest BCUT2D eigenvalue weighted by Crippen LogP contribution is -2.02. The molecule has 0 bridgehead atoms. The van der Waals surface area contributed by atoms with Gasteiger partial charge in [0.05, 0.1) is 0 Å². The van der Waals surface area contributed by atoms with Crippen molar-refractivity contribution in [3.05, 3.63) is 36.2 Å². The molecule has 0 radical (unpaired) electrons. The van der Waals surface area contributed by atoms with Crippen LogP contribution < -0.4 is 4.74 Å². The number of allylic oxidation sites excluding steroid dienone is 1. The van der Waals surface area contributed by atoms with Crippen LogP contribution in [-0.4, -0.2) is 11.9 Å². The molecular formula is C10H8BrF3O. The van der Waals surface area contributed by atoms with Gasteiger partial charge in [0.25, 0.3) is 0 Å². The Hall–Kier alpha value is -0.970. The summed E-state index contributed by atoms with van der Waals surface area (Å²) in [6.45, 7) is 0.670. The fourth-order valence-electron chi connectivity index (χ4n) is 1.03. The van der Waals surface area contributed by atoms with Gasteiger partial charge in [-0.1, -0.05) is 22.5 Å². The van der Waals surface area contributed by atoms with Crippen LogP contribution in [0.1, 0.15) is 5.56 Å². The monoisotopic (exact) mass is 280 g/mol. The van der Waals surface area contributed by atoms with Crippen LogP contribution >= 0.6 is 15.9 Å². The Morgan fingerprint density at radius 1 is 1.47 bits per heavy atom. The van der Waals surface area contributed by atoms with Crippen LogP contribution in [0.15, 0.2) is 24.8 Å². The summed E-state index contributed by atoms with van der Waals surface area (Å²) in [6, 6.07) is 3.55. The molecule has 1 aromatic carbocycles. The van der Waals surface area contributed by atoms with Crippen molar-refractivity contribution in [2.45, 2.75) is 6.61 Å². The minimum absolute atomic E-state index is 0.200. The summed E-state index contributed by atoms with van der Waals surface area (Å²) in [4.78, 5) is 0. The SMILES string of the molecule is C=C(CBr)c1ccc(OC(F)F)cc1F. The molecule has 15 heavy (non-hydrogen) atoms. The lowest BCUT2D eigenvalue weighted by Gasteiger charge is -2.07. The number of halogens is 4. The zero-order valence-corrected chi connectivity index (χ0v) is 9.23. The minimum Gasteiger partial charge on any atom is -0.435 e. The van der Waals surface area contributed by atoms with Gasteiger partial charge in [-0.3, -0.25) is 0 Å². The second-order valence-electron chi connectivity index (χ2n) is 2.76. The highest BCUT2D eigenvalue weighted by molar-refractivity contribution is 9.09. The van der Waals surface area contributed by atoms with E-state index >= 15 is 0 Å². The van der Waals surface area contributed by atoms with Crippen LogP contribution in [-0.2, 0) is 0 Å². The minimum atomic E-state index is -2.95. The molecule has 0 amide bonds. The fourth-order valence-corrected chi connectivity index (χ4v) is 1.33. The average molecular weight is 281 g/mol. The first-order chi connectivity index (χ1) is 7.04. The van der Waals surface area contributed by atoms with Crippen molar-refractivity contribution in [1.82, 2.24) is 0 Å². The van der Waals surface area contributed by atoms with Gasteiger partial charge in [-0.15, -0.1) is 0 Å². The smallest absolute Gasteiger partial charge is 0.387 e. The first kappa shape index (κ1) is 12.1. The molecule has 82 valence electrons. The first-order valence-corrected chi connectivity index (χ1v) is 5.15. The molecule has 0 saturated carbocycles. The Labute approximate surface area is 93.7 Å². The molecule has 1 aromatic rings. The van der Waals surface area contributed by atoms with E-state index in [0.29, 0.717) is 10.9 Å². The van der Waals surface area contributed by atoms with Crippen molar-refractivity contribution in [2.24, 2.45) is 0 Å². The first-order valence-electron chi connectivity index (χ1n) is 4.03. The lowest BCUT2D eigenvalue weighted by atomic mass is 10.1. The number of hydrogen-bond acceptors (Lipinski definition) is 1. The summed E-state index contributed by atoms with van der Waals surface area (Å²) >= 11 is 3.13. The number of ether oxygens (including phenoxy) is 1. The van der Waals surface area contributed by atoms with E-state index in [0.717, 1.165) is 6.07 Å². The zero-order chi connectivity index (χ0) is 11.4. The average Bonchev–Trinajstić information content (AvgIpc) is 2.16. The number of rotatable bonds is 4. The summed E-state index contributed by atoms with van der Waals surface area (Å²) < 4.78 is 41.0. The van der Waals surface area contributed by atoms with Gasteiger partial charge in [0.1, 0.15) is 11.6 Å². The standard InChI is InChI=1S/C10H8BrF3O/c1-6(5-11)8-3-2-7(4-9(8)12)15-10(13)14/h2-4,10H,1,5H2. The summed E-state index contributed by atoms with van der Waals surface area (Å²) in [6.07, 6.45) is 0. The molecule has 1 nitrogen and oxygen atoms in total. The summed E-state index contributed by atoms with van der Waals surface area (Å²) in [5, 5.41) is 0.416. The second-order valence-corrected chi connectivity index (χ2v) is 3.32. The summed E-state index contributed by atoms with van der Waals surface area (Å²) in [7, 11) is 0. The quantitative estimate of drug-likeness (QED) is 0.762. The maximum atomic E-state index is 13.3. The molecule has 0 aliphatic heterocycles. The van der Waals surface area contributed by atoms with Gasteiger partial charge in [-0.25, -0.2) is 4.39 Å². The largest absolute Gasteiger partial charge is 0.435 e. The Bertz CT molecular complexity index is 366. The van der Waals surface area contributed by atoms with E-state index in [1.165, 1.54) is 12.1 Å². The maximum absolute atomic E-state index is 13.3. The van der Waals surface area contributed by atoms with E-state index in [1.807, 2.05) is 0 Å². The van der Waals surface area contributed by atoms with Gasteiger partial charge < -0.3 is 4.74 Å². The van der Waals surface area contributed by atoms with Gasteiger partial charge in [0.15, 0.2) is 0 Å². The third-order valence-corrected chi connectivity index (χ3v) is 2.38. The lowest BCUT2D eigenvalue weighted by molar-refractivity contribution is -0.0499. The molecule has 0 unspecified atom stereocenters. The van der Waals surface area contributed by atoms with Gasteiger partial charge in [0.2, 0.25) is 0 Å². The van der Waals surface area contributed by atoms with Crippen molar-refractivity contribution < 1.29 is 17.9 Å². The van der Waals surface area contributed by atoms with Crippen molar-refractivity contribution in [2.75, 3.05) is 5.33 Å². The molecule has 0 spiro atoms. The van der Waals surface area contributed by atoms with E-state index in [4.69, 9.17) is 0 Å². The molecule has 0 aliphatic carbocycles. The zero-order valence-electron chi connectivity index (χ0n) is 7.64. The van der Waals surface area contributed by atoms with E-state index in [2.05, 4.69) is 27.2 Å². The molecule has 1 rings (SSSR count). The Morgan fingerprint density at radius 3 is 2.60 bits per heavy atom. The number of hydrogen-bond donors (Lipinski definition) is 0. The van der Waals surface area contributed by atoms with Gasteiger partial charge in [-0.05, 0) is 17.7 Å². The van der Waals surface area contributed by atoms with E-state index in [-0.39, 0.29) is 11.3 Å². The van der Waals surface area contributed by atoms with Crippen LogP contribution in [0.5, 0.6) is 5.75 Å². The van der Waals surface area contributed by atoms with E-state index in [9.17, 15) is 13.2 Å². The molecule has 5 heteroatoms. The van der Waals surface area contributed by atoms with Gasteiger partial charge in [0, 0.05) is 17.0 Å².